The van der Waals surface area contributed by atoms with Gasteiger partial charge in [-0.05, 0) is 44.0 Å². The van der Waals surface area contributed by atoms with E-state index in [-0.39, 0.29) is 24.1 Å². The van der Waals surface area contributed by atoms with E-state index in [1.807, 2.05) is 6.07 Å². The molecule has 0 amide bonds. The van der Waals surface area contributed by atoms with Crippen LogP contribution in [-0.4, -0.2) is 43.2 Å². The number of nitrogens with zero attached hydrogens (tertiary/aromatic N) is 2. The second kappa shape index (κ2) is 12.6. The summed E-state index contributed by atoms with van der Waals surface area (Å²) in [6.45, 7) is 4.27. The van der Waals surface area contributed by atoms with E-state index in [4.69, 9.17) is 15.2 Å². The molecule has 0 saturated carbocycles. The van der Waals surface area contributed by atoms with Gasteiger partial charge in [-0.1, -0.05) is 6.07 Å². The molecule has 0 aromatic carbocycles. The van der Waals surface area contributed by atoms with Crippen molar-refractivity contribution in [1.29, 1.82) is 0 Å². The van der Waals surface area contributed by atoms with E-state index in [2.05, 4.69) is 9.98 Å². The first kappa shape index (κ1) is 22.3. The molecule has 0 aliphatic rings. The molecule has 1 heterocycles. The largest absolute Gasteiger partial charge is 0.481 e. The lowest BCUT2D eigenvalue weighted by Crippen LogP contribution is -2.14. The average molecular weight is 375 g/mol. The molecular formula is C20H29N3O4. The fourth-order valence-electron chi connectivity index (χ4n) is 2.53. The summed E-state index contributed by atoms with van der Waals surface area (Å²) in [7, 11) is 1.54. The van der Waals surface area contributed by atoms with Crippen molar-refractivity contribution in [3.8, 4) is 5.88 Å². The number of ketones is 1. The number of carbonyl (C=O) groups is 2. The summed E-state index contributed by atoms with van der Waals surface area (Å²) < 4.78 is 10.2. The lowest BCUT2D eigenvalue weighted by atomic mass is 9.90. The predicted molar refractivity (Wildman–Crippen MR) is 105 cm³/mol. The van der Waals surface area contributed by atoms with E-state index in [1.165, 1.54) is 6.20 Å². The highest BCUT2D eigenvalue weighted by Gasteiger charge is 2.21. The number of hydrogen-bond acceptors (Lipinski definition) is 7. The van der Waals surface area contributed by atoms with Gasteiger partial charge in [-0.25, -0.2) is 4.98 Å². The van der Waals surface area contributed by atoms with Gasteiger partial charge in [-0.3, -0.25) is 9.79 Å². The number of allylic oxidation sites excluding steroid dienone is 1. The number of nitrogens with two attached hydrogens (primary N) is 1. The Hall–Kier alpha value is -2.70. The molecule has 1 atom stereocenters. The van der Waals surface area contributed by atoms with Crippen molar-refractivity contribution in [2.75, 3.05) is 20.3 Å². The van der Waals surface area contributed by atoms with Gasteiger partial charge >= 0.3 is 5.97 Å². The van der Waals surface area contributed by atoms with Gasteiger partial charge in [0.1, 0.15) is 5.78 Å². The molecule has 1 unspecified atom stereocenters. The van der Waals surface area contributed by atoms with Crippen molar-refractivity contribution in [2.45, 2.75) is 45.4 Å². The molecule has 0 aliphatic heterocycles. The number of methoxy groups -OCH3 is 1. The normalized spacial score (nSPS) is 12.8. The predicted octanol–water partition coefficient (Wildman–Crippen LogP) is 2.80. The third kappa shape index (κ3) is 8.48. The Morgan fingerprint density at radius 2 is 2.11 bits per heavy atom. The molecule has 1 rings (SSSR count). The zero-order valence-corrected chi connectivity index (χ0v) is 16.3. The number of aliphatic imine (C=N–C) groups is 1. The van der Waals surface area contributed by atoms with Crippen LogP contribution in [-0.2, 0) is 14.3 Å². The highest BCUT2D eigenvalue weighted by atomic mass is 16.5. The number of pyridine rings is 1. The van der Waals surface area contributed by atoms with Crippen molar-refractivity contribution in [2.24, 2.45) is 10.7 Å². The maximum Gasteiger partial charge on any atom is 0.306 e. The average Bonchev–Trinajstić information content (AvgIpc) is 2.66. The minimum atomic E-state index is -0.312. The third-order valence-electron chi connectivity index (χ3n) is 3.95. The smallest absolute Gasteiger partial charge is 0.306 e. The summed E-state index contributed by atoms with van der Waals surface area (Å²) >= 11 is 0. The molecule has 0 radical (unpaired) electrons. The summed E-state index contributed by atoms with van der Waals surface area (Å²) in [5, 5.41) is 0. The highest BCUT2D eigenvalue weighted by Crippen LogP contribution is 2.27. The molecule has 0 bridgehead atoms. The zero-order chi connectivity index (χ0) is 20.1. The molecule has 7 nitrogen and oxygen atoms in total. The Balaban J connectivity index is 2.86. The van der Waals surface area contributed by atoms with Crippen molar-refractivity contribution in [1.82, 2.24) is 4.98 Å². The van der Waals surface area contributed by atoms with Crippen LogP contribution in [0.1, 0.15) is 51.0 Å². The van der Waals surface area contributed by atoms with E-state index >= 15 is 0 Å². The first-order valence-corrected chi connectivity index (χ1v) is 9.08. The zero-order valence-electron chi connectivity index (χ0n) is 16.3. The molecule has 7 heteroatoms. The van der Waals surface area contributed by atoms with E-state index in [0.717, 1.165) is 18.4 Å². The maximum atomic E-state index is 12.0. The number of ether oxygens (including phenoxy) is 2. The summed E-state index contributed by atoms with van der Waals surface area (Å²) in [4.78, 5) is 31.6. The molecule has 148 valence electrons. The van der Waals surface area contributed by atoms with Crippen LogP contribution in [0.25, 0.3) is 0 Å². The molecule has 0 spiro atoms. The molecule has 1 aromatic rings. The summed E-state index contributed by atoms with van der Waals surface area (Å²) in [5.74, 6) is 0.0510. The van der Waals surface area contributed by atoms with E-state index in [0.29, 0.717) is 31.0 Å². The topological polar surface area (TPSA) is 104 Å². The maximum absolute atomic E-state index is 12.0. The second-order valence-corrected chi connectivity index (χ2v) is 6.06. The lowest BCUT2D eigenvalue weighted by molar-refractivity contribution is -0.143. The molecule has 1 aromatic heterocycles. The quantitative estimate of drug-likeness (QED) is 0.342. The number of hydrogen-bond donors (Lipinski definition) is 1. The van der Waals surface area contributed by atoms with Gasteiger partial charge in [0.2, 0.25) is 5.88 Å². The first-order valence-electron chi connectivity index (χ1n) is 9.08. The SMILES string of the molecule is CCOC(=O)CC(C(C=NCCCCC(C)=O)=CN)c1ccc(OC)nc1. The van der Waals surface area contributed by atoms with Crippen molar-refractivity contribution in [3.63, 3.8) is 0 Å². The Bertz CT molecular complexity index is 654. The van der Waals surface area contributed by atoms with Crippen LogP contribution < -0.4 is 10.5 Å². The second-order valence-electron chi connectivity index (χ2n) is 6.06. The van der Waals surface area contributed by atoms with Crippen molar-refractivity contribution < 1.29 is 19.1 Å². The minimum absolute atomic E-state index is 0.140. The molecular weight excluding hydrogens is 346 g/mol. The monoisotopic (exact) mass is 375 g/mol. The van der Waals surface area contributed by atoms with Crippen molar-refractivity contribution >= 4 is 18.0 Å². The Morgan fingerprint density at radius 1 is 1.33 bits per heavy atom. The summed E-state index contributed by atoms with van der Waals surface area (Å²) in [5.41, 5.74) is 7.33. The van der Waals surface area contributed by atoms with E-state index in [9.17, 15) is 9.59 Å². The van der Waals surface area contributed by atoms with E-state index in [1.54, 1.807) is 39.4 Å². The van der Waals surface area contributed by atoms with Gasteiger partial charge in [0, 0.05) is 37.4 Å². The van der Waals surface area contributed by atoms with Crippen LogP contribution in [0.2, 0.25) is 0 Å². The van der Waals surface area contributed by atoms with Gasteiger partial charge in [-0.15, -0.1) is 0 Å². The Morgan fingerprint density at radius 3 is 2.67 bits per heavy atom. The summed E-state index contributed by atoms with van der Waals surface area (Å²) in [6, 6.07) is 3.58. The minimum Gasteiger partial charge on any atom is -0.481 e. The Kier molecular flexibility index (Phi) is 10.4. The van der Waals surface area contributed by atoms with Crippen LogP contribution in [0, 0.1) is 0 Å². The van der Waals surface area contributed by atoms with Crippen molar-refractivity contribution in [3.05, 3.63) is 35.7 Å². The number of rotatable bonds is 12. The van der Waals surface area contributed by atoms with E-state index < -0.39 is 0 Å². The standard InChI is InChI=1S/C20H29N3O4/c1-4-27-20(25)11-18(16-8-9-19(26-3)23-14-16)17(12-21)13-22-10-6-5-7-15(2)24/h8-9,12-14,18H,4-7,10-11,21H2,1-3H3. The van der Waals surface area contributed by atoms with Gasteiger partial charge < -0.3 is 20.0 Å². The van der Waals surface area contributed by atoms with Gasteiger partial charge in [0.15, 0.2) is 0 Å². The molecule has 0 fully saturated rings. The summed E-state index contributed by atoms with van der Waals surface area (Å²) in [6.07, 6.45) is 7.13. The van der Waals surface area contributed by atoms with Gasteiger partial charge in [0.05, 0.1) is 20.1 Å². The number of unbranched alkanes of at least 4 members (excludes halogenated alkanes) is 1. The molecule has 27 heavy (non-hydrogen) atoms. The Labute approximate surface area is 160 Å². The number of esters is 1. The highest BCUT2D eigenvalue weighted by molar-refractivity contribution is 5.83. The number of Topliss-reactive ketones (excluding diaryl/α,β-unsaturated/α-hetero) is 1. The number of carbonyl (C=O) groups excluding carboxylic acids is 2. The lowest BCUT2D eigenvalue weighted by Gasteiger charge is -2.17. The fraction of sp³-hybridized carbons (Fsp3) is 0.500. The molecule has 2 N–H and O–H groups in total. The van der Waals surface area contributed by atoms with Crippen LogP contribution in [0.15, 0.2) is 35.1 Å². The van der Waals surface area contributed by atoms with Crippen LogP contribution in [0.3, 0.4) is 0 Å². The third-order valence-corrected chi connectivity index (χ3v) is 3.95. The fourth-order valence-corrected chi connectivity index (χ4v) is 2.53. The van der Waals surface area contributed by atoms with Gasteiger partial charge in [-0.2, -0.15) is 0 Å². The van der Waals surface area contributed by atoms with Gasteiger partial charge in [0.25, 0.3) is 0 Å². The number of aromatic nitrogens is 1. The first-order chi connectivity index (χ1) is 13.0. The van der Waals surface area contributed by atoms with Crippen LogP contribution in [0.4, 0.5) is 0 Å². The molecule has 0 aliphatic carbocycles. The van der Waals surface area contributed by atoms with Crippen LogP contribution >= 0.6 is 0 Å². The van der Waals surface area contributed by atoms with Crippen LogP contribution in [0.5, 0.6) is 5.88 Å². The molecule has 0 saturated heterocycles.